The zero-order valence-electron chi connectivity index (χ0n) is 14.4. The number of esters is 1. The second-order valence-corrected chi connectivity index (χ2v) is 6.47. The number of carbonyl (C=O) groups is 2. The lowest BCUT2D eigenvalue weighted by atomic mass is 10.1. The fourth-order valence-corrected chi connectivity index (χ4v) is 3.19. The molecule has 1 atom stereocenters. The van der Waals surface area contributed by atoms with Crippen LogP contribution < -0.4 is 19.1 Å². The lowest BCUT2D eigenvalue weighted by Gasteiger charge is -2.22. The van der Waals surface area contributed by atoms with Crippen molar-refractivity contribution in [2.24, 2.45) is 5.92 Å². The maximum atomic E-state index is 12.4. The zero-order valence-corrected chi connectivity index (χ0v) is 14.4. The highest BCUT2D eigenvalue weighted by Gasteiger charge is 2.36. The highest BCUT2D eigenvalue weighted by atomic mass is 16.6. The smallest absolute Gasteiger partial charge is 0.316 e. The van der Waals surface area contributed by atoms with Gasteiger partial charge in [-0.15, -0.1) is 0 Å². The maximum absolute atomic E-state index is 12.4. The molecule has 2 aliphatic heterocycles. The normalized spacial score (nSPS) is 18.7. The first-order valence-electron chi connectivity index (χ1n) is 8.58. The summed E-state index contributed by atoms with van der Waals surface area (Å²) in [4.78, 5) is 26.4. The largest absolute Gasteiger partial charge is 0.486 e. The Morgan fingerprint density at radius 2 is 1.92 bits per heavy atom. The van der Waals surface area contributed by atoms with E-state index in [0.29, 0.717) is 42.7 Å². The summed E-state index contributed by atoms with van der Waals surface area (Å²) in [5.41, 5.74) is 1.71. The van der Waals surface area contributed by atoms with Crippen LogP contribution in [0.25, 0.3) is 0 Å². The molecular formula is C20H19NO5. The van der Waals surface area contributed by atoms with Gasteiger partial charge in [0, 0.05) is 24.7 Å². The Morgan fingerprint density at radius 1 is 1.12 bits per heavy atom. The number of hydrogen-bond acceptors (Lipinski definition) is 5. The third kappa shape index (κ3) is 3.22. The lowest BCUT2D eigenvalue weighted by Crippen LogP contribution is -2.27. The van der Waals surface area contributed by atoms with Crippen LogP contribution in [-0.4, -0.2) is 31.6 Å². The van der Waals surface area contributed by atoms with E-state index in [1.165, 1.54) is 0 Å². The Bertz CT molecular complexity index is 863. The molecular weight excluding hydrogens is 334 g/mol. The molecule has 1 fully saturated rings. The summed E-state index contributed by atoms with van der Waals surface area (Å²) in [6.45, 7) is 3.22. The predicted octanol–water partition coefficient (Wildman–Crippen LogP) is 2.72. The molecule has 2 aromatic rings. The molecule has 0 spiro atoms. The molecule has 0 aliphatic carbocycles. The highest BCUT2D eigenvalue weighted by molar-refractivity contribution is 6.00. The first-order valence-corrected chi connectivity index (χ1v) is 8.58. The van der Waals surface area contributed by atoms with E-state index in [1.807, 2.05) is 19.1 Å². The molecule has 0 radical (unpaired) electrons. The summed E-state index contributed by atoms with van der Waals surface area (Å²) in [6.07, 6.45) is 0.138. The van der Waals surface area contributed by atoms with Crippen LogP contribution in [0.2, 0.25) is 0 Å². The minimum atomic E-state index is -0.490. The van der Waals surface area contributed by atoms with Gasteiger partial charge in [0.15, 0.2) is 11.5 Å². The van der Waals surface area contributed by atoms with Crippen LogP contribution in [0.5, 0.6) is 17.2 Å². The van der Waals surface area contributed by atoms with E-state index < -0.39 is 5.92 Å². The molecule has 0 saturated carbocycles. The molecule has 0 bridgehead atoms. The van der Waals surface area contributed by atoms with Crippen molar-refractivity contribution in [1.82, 2.24) is 0 Å². The van der Waals surface area contributed by atoms with Gasteiger partial charge in [-0.2, -0.15) is 0 Å². The van der Waals surface area contributed by atoms with Crippen molar-refractivity contribution in [2.45, 2.75) is 13.3 Å². The Hall–Kier alpha value is -3.02. The fraction of sp³-hybridized carbons (Fsp3) is 0.300. The topological polar surface area (TPSA) is 65.1 Å². The molecule has 6 heteroatoms. The second kappa shape index (κ2) is 6.71. The van der Waals surface area contributed by atoms with Gasteiger partial charge in [-0.05, 0) is 36.8 Å². The molecule has 0 N–H and O–H groups in total. The van der Waals surface area contributed by atoms with Gasteiger partial charge in [-0.3, -0.25) is 9.59 Å². The zero-order chi connectivity index (χ0) is 18.1. The molecule has 134 valence electrons. The van der Waals surface area contributed by atoms with Crippen molar-refractivity contribution < 1.29 is 23.8 Å². The summed E-state index contributed by atoms with van der Waals surface area (Å²) >= 11 is 0. The number of amides is 1. The number of carbonyl (C=O) groups excluding carboxylic acids is 2. The van der Waals surface area contributed by atoms with Gasteiger partial charge in [0.25, 0.3) is 0 Å². The van der Waals surface area contributed by atoms with Crippen LogP contribution >= 0.6 is 0 Å². The molecule has 0 aromatic heterocycles. The van der Waals surface area contributed by atoms with Gasteiger partial charge in [0.2, 0.25) is 5.91 Å². The van der Waals surface area contributed by atoms with Crippen LogP contribution in [0.3, 0.4) is 0 Å². The van der Waals surface area contributed by atoms with Gasteiger partial charge in [-0.1, -0.05) is 12.1 Å². The van der Waals surface area contributed by atoms with Crippen molar-refractivity contribution >= 4 is 17.6 Å². The Kier molecular flexibility index (Phi) is 4.24. The average Bonchev–Trinajstić information content (AvgIpc) is 3.03. The summed E-state index contributed by atoms with van der Waals surface area (Å²) in [7, 11) is 0. The van der Waals surface area contributed by atoms with E-state index in [-0.39, 0.29) is 18.3 Å². The summed E-state index contributed by atoms with van der Waals surface area (Å²) < 4.78 is 16.5. The van der Waals surface area contributed by atoms with Gasteiger partial charge in [0.1, 0.15) is 19.0 Å². The minimum absolute atomic E-state index is 0.104. The first-order chi connectivity index (χ1) is 12.6. The molecule has 2 aromatic carbocycles. The van der Waals surface area contributed by atoms with Crippen LogP contribution in [0, 0.1) is 12.8 Å². The van der Waals surface area contributed by atoms with E-state index in [9.17, 15) is 9.59 Å². The van der Waals surface area contributed by atoms with E-state index in [0.717, 1.165) is 5.56 Å². The quantitative estimate of drug-likeness (QED) is 0.627. The van der Waals surface area contributed by atoms with Gasteiger partial charge in [-0.25, -0.2) is 0 Å². The van der Waals surface area contributed by atoms with Crippen molar-refractivity contribution in [1.29, 1.82) is 0 Å². The third-order valence-electron chi connectivity index (χ3n) is 4.50. The summed E-state index contributed by atoms with van der Waals surface area (Å²) in [5, 5.41) is 0. The maximum Gasteiger partial charge on any atom is 0.316 e. The van der Waals surface area contributed by atoms with E-state index >= 15 is 0 Å². The van der Waals surface area contributed by atoms with Crippen LogP contribution in [-0.2, 0) is 9.59 Å². The second-order valence-electron chi connectivity index (χ2n) is 6.47. The number of rotatable bonds is 3. The van der Waals surface area contributed by atoms with Gasteiger partial charge in [0.05, 0.1) is 5.92 Å². The summed E-state index contributed by atoms with van der Waals surface area (Å²) in [5.74, 6) is 0.808. The number of ether oxygens (including phenoxy) is 3. The third-order valence-corrected chi connectivity index (χ3v) is 4.50. The Labute approximate surface area is 151 Å². The number of hydrogen-bond donors (Lipinski definition) is 0. The molecule has 0 unspecified atom stereocenters. The Balaban J connectivity index is 1.47. The van der Waals surface area contributed by atoms with Gasteiger partial charge >= 0.3 is 5.97 Å². The SMILES string of the molecule is Cc1cccc(OC(=O)[C@H]2CC(=O)N(c3ccc4c(c3)OCCO4)C2)c1. The fourth-order valence-electron chi connectivity index (χ4n) is 3.19. The standard InChI is InChI=1S/C20H19NO5/c1-13-3-2-4-16(9-13)26-20(23)14-10-19(22)21(12-14)15-5-6-17-18(11-15)25-8-7-24-17/h2-6,9,11,14H,7-8,10,12H2,1H3/t14-/m0/s1. The molecule has 1 saturated heterocycles. The van der Waals surface area contributed by atoms with E-state index in [2.05, 4.69) is 0 Å². The number of aryl methyl sites for hydroxylation is 1. The molecule has 1 amide bonds. The molecule has 2 heterocycles. The number of fused-ring (bicyclic) bond motifs is 1. The van der Waals surface area contributed by atoms with Crippen molar-refractivity contribution in [3.05, 3.63) is 48.0 Å². The number of benzene rings is 2. The lowest BCUT2D eigenvalue weighted by molar-refractivity contribution is -0.139. The minimum Gasteiger partial charge on any atom is -0.486 e. The Morgan fingerprint density at radius 3 is 2.73 bits per heavy atom. The monoisotopic (exact) mass is 353 g/mol. The van der Waals surface area contributed by atoms with Crippen molar-refractivity contribution in [3.8, 4) is 17.2 Å². The molecule has 2 aliphatic rings. The van der Waals surface area contributed by atoms with E-state index in [1.54, 1.807) is 35.2 Å². The molecule has 26 heavy (non-hydrogen) atoms. The predicted molar refractivity (Wildman–Crippen MR) is 94.7 cm³/mol. The van der Waals surface area contributed by atoms with Crippen LogP contribution in [0.1, 0.15) is 12.0 Å². The van der Waals surface area contributed by atoms with Crippen LogP contribution in [0.15, 0.2) is 42.5 Å². The van der Waals surface area contributed by atoms with E-state index in [4.69, 9.17) is 14.2 Å². The summed E-state index contributed by atoms with van der Waals surface area (Å²) in [6, 6.07) is 12.7. The van der Waals surface area contributed by atoms with Crippen LogP contribution in [0.4, 0.5) is 5.69 Å². The number of nitrogens with zero attached hydrogens (tertiary/aromatic N) is 1. The molecule has 4 rings (SSSR count). The average molecular weight is 353 g/mol. The van der Waals surface area contributed by atoms with Crippen molar-refractivity contribution in [3.63, 3.8) is 0 Å². The van der Waals surface area contributed by atoms with Crippen molar-refractivity contribution in [2.75, 3.05) is 24.7 Å². The number of anilines is 1. The van der Waals surface area contributed by atoms with Gasteiger partial charge < -0.3 is 19.1 Å². The molecule has 6 nitrogen and oxygen atoms in total. The first kappa shape index (κ1) is 16.4. The highest BCUT2D eigenvalue weighted by Crippen LogP contribution is 2.36.